The summed E-state index contributed by atoms with van der Waals surface area (Å²) >= 11 is 3.20. The molecule has 0 bridgehead atoms. The van der Waals surface area contributed by atoms with E-state index in [0.717, 1.165) is 5.56 Å². The number of nitrogens with one attached hydrogen (secondary N) is 1. The zero-order chi connectivity index (χ0) is 14.6. The van der Waals surface area contributed by atoms with Crippen LogP contribution in [0.4, 0.5) is 5.69 Å². The summed E-state index contributed by atoms with van der Waals surface area (Å²) in [5, 5.41) is 0. The molecule has 1 heterocycles. The molecule has 0 saturated carbocycles. The van der Waals surface area contributed by atoms with Crippen molar-refractivity contribution >= 4 is 31.8 Å². The molecule has 5 nitrogen and oxygen atoms in total. The van der Waals surface area contributed by atoms with Gasteiger partial charge in [0.05, 0.1) is 11.9 Å². The highest BCUT2D eigenvalue weighted by Gasteiger charge is 2.17. The van der Waals surface area contributed by atoms with E-state index < -0.39 is 10.2 Å². The van der Waals surface area contributed by atoms with Crippen LogP contribution in [-0.2, 0) is 16.8 Å². The summed E-state index contributed by atoms with van der Waals surface area (Å²) in [6, 6.07) is 12.7. The lowest BCUT2D eigenvalue weighted by atomic mass is 10.2. The van der Waals surface area contributed by atoms with Gasteiger partial charge >= 0.3 is 10.2 Å². The molecule has 1 aromatic heterocycles. The maximum absolute atomic E-state index is 12.2. The molecule has 0 fully saturated rings. The third-order valence-corrected chi connectivity index (χ3v) is 4.55. The summed E-state index contributed by atoms with van der Waals surface area (Å²) in [6.07, 6.45) is 1.46. The van der Waals surface area contributed by atoms with Crippen molar-refractivity contribution < 1.29 is 8.42 Å². The van der Waals surface area contributed by atoms with Crippen molar-refractivity contribution in [3.05, 3.63) is 58.8 Å². The van der Waals surface area contributed by atoms with E-state index in [2.05, 4.69) is 25.6 Å². The van der Waals surface area contributed by atoms with Gasteiger partial charge in [-0.2, -0.15) is 12.7 Å². The molecule has 2 aromatic rings. The van der Waals surface area contributed by atoms with Crippen LogP contribution in [0.3, 0.4) is 0 Å². The number of nitrogens with zero attached hydrogens (tertiary/aromatic N) is 2. The lowest BCUT2D eigenvalue weighted by Gasteiger charge is -2.18. The normalized spacial score (nSPS) is 11.6. The Morgan fingerprint density at radius 3 is 2.50 bits per heavy atom. The number of benzene rings is 1. The molecule has 0 aliphatic rings. The van der Waals surface area contributed by atoms with Crippen LogP contribution < -0.4 is 4.72 Å². The molecule has 0 radical (unpaired) electrons. The average molecular weight is 356 g/mol. The van der Waals surface area contributed by atoms with Gasteiger partial charge in [-0.25, -0.2) is 4.98 Å². The van der Waals surface area contributed by atoms with Crippen molar-refractivity contribution in [1.29, 1.82) is 0 Å². The topological polar surface area (TPSA) is 62.3 Å². The number of hydrogen-bond acceptors (Lipinski definition) is 3. The number of halogens is 1. The molecule has 0 aliphatic carbocycles. The van der Waals surface area contributed by atoms with Crippen molar-refractivity contribution in [2.24, 2.45) is 0 Å². The largest absolute Gasteiger partial charge is 0.301 e. The highest BCUT2D eigenvalue weighted by Crippen LogP contribution is 2.14. The van der Waals surface area contributed by atoms with Gasteiger partial charge in [0.25, 0.3) is 0 Å². The summed E-state index contributed by atoms with van der Waals surface area (Å²) in [5.41, 5.74) is 1.35. The van der Waals surface area contributed by atoms with Crippen molar-refractivity contribution in [1.82, 2.24) is 9.29 Å². The Bertz CT molecular complexity index is 660. The van der Waals surface area contributed by atoms with Crippen LogP contribution >= 0.6 is 15.9 Å². The summed E-state index contributed by atoms with van der Waals surface area (Å²) in [5.74, 6) is 0. The van der Waals surface area contributed by atoms with Crippen LogP contribution in [0.2, 0.25) is 0 Å². The molecule has 20 heavy (non-hydrogen) atoms. The zero-order valence-electron chi connectivity index (χ0n) is 10.8. The molecule has 0 amide bonds. The molecule has 0 aliphatic heterocycles. The van der Waals surface area contributed by atoms with Crippen molar-refractivity contribution in [2.45, 2.75) is 6.54 Å². The molecule has 7 heteroatoms. The first kappa shape index (κ1) is 15.0. The van der Waals surface area contributed by atoms with Crippen molar-refractivity contribution in [2.75, 3.05) is 11.8 Å². The fourth-order valence-corrected chi connectivity index (χ4v) is 2.72. The molecule has 0 saturated heterocycles. The van der Waals surface area contributed by atoms with Gasteiger partial charge in [-0.1, -0.05) is 30.3 Å². The number of rotatable bonds is 5. The second kappa shape index (κ2) is 6.34. The van der Waals surface area contributed by atoms with E-state index in [0.29, 0.717) is 16.8 Å². The molecular formula is C13H14BrN3O2S. The van der Waals surface area contributed by atoms with Gasteiger partial charge in [0.15, 0.2) is 0 Å². The van der Waals surface area contributed by atoms with E-state index in [-0.39, 0.29) is 0 Å². The van der Waals surface area contributed by atoms with E-state index in [1.807, 2.05) is 30.3 Å². The van der Waals surface area contributed by atoms with Gasteiger partial charge in [0, 0.05) is 13.6 Å². The van der Waals surface area contributed by atoms with Crippen LogP contribution in [0, 0.1) is 0 Å². The molecule has 2 rings (SSSR count). The minimum absolute atomic E-state index is 0.306. The van der Waals surface area contributed by atoms with E-state index in [9.17, 15) is 8.42 Å². The Hall–Kier alpha value is -1.44. The SMILES string of the molecule is CN(Cc1ccccc1)S(=O)(=O)Nc1ccc(Br)nc1. The van der Waals surface area contributed by atoms with Crippen LogP contribution in [-0.4, -0.2) is 24.8 Å². The monoisotopic (exact) mass is 355 g/mol. The molecule has 1 N–H and O–H groups in total. The van der Waals surface area contributed by atoms with Crippen LogP contribution in [0.1, 0.15) is 5.56 Å². The maximum atomic E-state index is 12.2. The van der Waals surface area contributed by atoms with Gasteiger partial charge in [0.2, 0.25) is 0 Å². The summed E-state index contributed by atoms with van der Waals surface area (Å²) in [7, 11) is -2.07. The minimum atomic E-state index is -3.60. The van der Waals surface area contributed by atoms with Crippen LogP contribution in [0.25, 0.3) is 0 Å². The summed E-state index contributed by atoms with van der Waals surface area (Å²) in [4.78, 5) is 3.98. The van der Waals surface area contributed by atoms with Gasteiger partial charge < -0.3 is 0 Å². The van der Waals surface area contributed by atoms with Gasteiger partial charge in [0.1, 0.15) is 4.60 Å². The second-order valence-corrected chi connectivity index (χ2v) is 6.81. The quantitative estimate of drug-likeness (QED) is 0.838. The third kappa shape index (κ3) is 4.03. The summed E-state index contributed by atoms with van der Waals surface area (Å²) < 4.78 is 28.7. The predicted octanol–water partition coefficient (Wildman–Crippen LogP) is 2.63. The Labute approximate surface area is 127 Å². The number of aromatic nitrogens is 1. The zero-order valence-corrected chi connectivity index (χ0v) is 13.2. The highest BCUT2D eigenvalue weighted by molar-refractivity contribution is 9.10. The number of pyridine rings is 1. The summed E-state index contributed by atoms with van der Waals surface area (Å²) in [6.45, 7) is 0.306. The minimum Gasteiger partial charge on any atom is -0.269 e. The highest BCUT2D eigenvalue weighted by atomic mass is 79.9. The third-order valence-electron chi connectivity index (χ3n) is 2.63. The smallest absolute Gasteiger partial charge is 0.269 e. The van der Waals surface area contributed by atoms with Crippen molar-refractivity contribution in [3.63, 3.8) is 0 Å². The van der Waals surface area contributed by atoms with E-state index >= 15 is 0 Å². The van der Waals surface area contributed by atoms with Gasteiger partial charge in [-0.05, 0) is 33.6 Å². The Morgan fingerprint density at radius 2 is 1.90 bits per heavy atom. The molecule has 1 aromatic carbocycles. The van der Waals surface area contributed by atoms with Gasteiger partial charge in [-0.3, -0.25) is 4.72 Å². The fraction of sp³-hybridized carbons (Fsp3) is 0.154. The van der Waals surface area contributed by atoms with Gasteiger partial charge in [-0.15, -0.1) is 0 Å². The molecule has 0 atom stereocenters. The average Bonchev–Trinajstić information content (AvgIpc) is 2.42. The lowest BCUT2D eigenvalue weighted by Crippen LogP contribution is -2.32. The maximum Gasteiger partial charge on any atom is 0.301 e. The first-order valence-electron chi connectivity index (χ1n) is 5.87. The first-order valence-corrected chi connectivity index (χ1v) is 8.10. The van der Waals surface area contributed by atoms with E-state index in [4.69, 9.17) is 0 Å². The Kier molecular flexibility index (Phi) is 4.74. The van der Waals surface area contributed by atoms with Crippen LogP contribution in [0.15, 0.2) is 53.3 Å². The van der Waals surface area contributed by atoms with E-state index in [1.165, 1.54) is 17.5 Å². The fourth-order valence-electron chi connectivity index (χ4n) is 1.59. The number of anilines is 1. The first-order chi connectivity index (χ1) is 9.47. The molecule has 106 valence electrons. The van der Waals surface area contributed by atoms with Crippen LogP contribution in [0.5, 0.6) is 0 Å². The Morgan fingerprint density at radius 1 is 1.20 bits per heavy atom. The second-order valence-electron chi connectivity index (χ2n) is 4.22. The van der Waals surface area contributed by atoms with Crippen molar-refractivity contribution in [3.8, 4) is 0 Å². The standard InChI is InChI=1S/C13H14BrN3O2S/c1-17(10-11-5-3-2-4-6-11)20(18,19)16-12-7-8-13(14)15-9-12/h2-9,16H,10H2,1H3. The predicted molar refractivity (Wildman–Crippen MR) is 82.4 cm³/mol. The molecule has 0 unspecified atom stereocenters. The number of hydrogen-bond donors (Lipinski definition) is 1. The molecule has 0 spiro atoms. The Balaban J connectivity index is 2.08. The molecular weight excluding hydrogens is 342 g/mol. The van der Waals surface area contributed by atoms with E-state index in [1.54, 1.807) is 12.1 Å². The lowest BCUT2D eigenvalue weighted by molar-refractivity contribution is 0.471.